The second-order valence-corrected chi connectivity index (χ2v) is 7.71. The van der Waals surface area contributed by atoms with Gasteiger partial charge in [0.05, 0.1) is 35.3 Å². The van der Waals surface area contributed by atoms with Gasteiger partial charge in [-0.2, -0.15) is 0 Å². The summed E-state index contributed by atoms with van der Waals surface area (Å²) >= 11 is 4.61. The largest absolute Gasteiger partial charge is 0.503 e. The molecule has 1 heterocycles. The van der Waals surface area contributed by atoms with Crippen LogP contribution in [0.5, 0.6) is 11.5 Å². The number of para-hydroxylation sites is 1. The van der Waals surface area contributed by atoms with Gasteiger partial charge in [0.1, 0.15) is 0 Å². The van der Waals surface area contributed by atoms with E-state index in [2.05, 4.69) is 20.9 Å². The van der Waals surface area contributed by atoms with Crippen molar-refractivity contribution in [3.05, 3.63) is 57.4 Å². The minimum Gasteiger partial charge on any atom is -0.503 e. The number of methoxy groups -OCH3 is 2. The van der Waals surface area contributed by atoms with Crippen molar-refractivity contribution in [2.75, 3.05) is 27.4 Å². The Morgan fingerprint density at radius 1 is 1.25 bits per heavy atom. The van der Waals surface area contributed by atoms with Gasteiger partial charge in [0.25, 0.3) is 5.91 Å². The zero-order valence-electron chi connectivity index (χ0n) is 15.4. The average Bonchev–Trinajstić information content (AvgIpc) is 2.98. The molecule has 0 atom stereocenters. The summed E-state index contributed by atoms with van der Waals surface area (Å²) in [6.07, 6.45) is 1.76. The van der Waals surface area contributed by atoms with Gasteiger partial charge in [-0.3, -0.25) is 9.69 Å². The Bertz CT molecular complexity index is 931. The molecule has 0 aliphatic carbocycles. The fourth-order valence-corrected chi connectivity index (χ4v) is 4.05. The molecule has 2 aromatic carbocycles. The third kappa shape index (κ3) is 4.57. The number of hydrogen-bond donors (Lipinski definition) is 1. The van der Waals surface area contributed by atoms with Gasteiger partial charge in [-0.15, -0.1) is 0 Å². The lowest BCUT2D eigenvalue weighted by atomic mass is 10.2. The number of benzene rings is 2. The zero-order valence-corrected chi connectivity index (χ0v) is 17.8. The lowest BCUT2D eigenvalue weighted by Gasteiger charge is -2.14. The number of amides is 1. The van der Waals surface area contributed by atoms with Gasteiger partial charge in [-0.1, -0.05) is 18.2 Å². The van der Waals surface area contributed by atoms with E-state index in [-0.39, 0.29) is 11.7 Å². The molecule has 2 aromatic rings. The normalized spacial score (nSPS) is 17.0. The maximum Gasteiger partial charge on any atom is 0.266 e. The monoisotopic (exact) mass is 462 g/mol. The third-order valence-electron chi connectivity index (χ3n) is 3.96. The number of nitrogens with zero attached hydrogens (tertiary/aromatic N) is 2. The molecule has 8 heteroatoms. The van der Waals surface area contributed by atoms with E-state index in [9.17, 15) is 9.90 Å². The number of amidine groups is 1. The first-order valence-corrected chi connectivity index (χ1v) is 10.0. The fraction of sp³-hybridized carbons (Fsp3) is 0.200. The van der Waals surface area contributed by atoms with Crippen molar-refractivity contribution in [1.82, 2.24) is 4.90 Å². The number of carbonyl (C=O) groups excluding carboxylic acids is 1. The molecule has 0 saturated carbocycles. The summed E-state index contributed by atoms with van der Waals surface area (Å²) in [6, 6.07) is 12.9. The lowest BCUT2D eigenvalue weighted by molar-refractivity contribution is -0.122. The Balaban J connectivity index is 1.96. The van der Waals surface area contributed by atoms with Crippen molar-refractivity contribution >= 4 is 50.5 Å². The molecular weight excluding hydrogens is 444 g/mol. The highest BCUT2D eigenvalue weighted by Crippen LogP contribution is 2.38. The Morgan fingerprint density at radius 2 is 2.00 bits per heavy atom. The summed E-state index contributed by atoms with van der Waals surface area (Å²) in [6.45, 7) is 0.819. The molecule has 0 unspecified atom stereocenters. The van der Waals surface area contributed by atoms with Gasteiger partial charge >= 0.3 is 0 Å². The molecule has 3 rings (SSSR count). The van der Waals surface area contributed by atoms with Crippen LogP contribution in [0.3, 0.4) is 0 Å². The molecular formula is C20H19BrN2O4S. The fourth-order valence-electron chi connectivity index (χ4n) is 2.57. The minimum atomic E-state index is -0.139. The molecule has 1 amide bonds. The number of carbonyl (C=O) groups is 1. The van der Waals surface area contributed by atoms with Crippen molar-refractivity contribution in [3.8, 4) is 11.5 Å². The smallest absolute Gasteiger partial charge is 0.266 e. The Morgan fingerprint density at radius 3 is 2.68 bits per heavy atom. The second kappa shape index (κ2) is 9.27. The van der Waals surface area contributed by atoms with Crippen molar-refractivity contribution in [1.29, 1.82) is 0 Å². The Labute approximate surface area is 176 Å². The Kier molecular flexibility index (Phi) is 6.77. The number of ether oxygens (including phenoxy) is 2. The zero-order chi connectivity index (χ0) is 20.1. The van der Waals surface area contributed by atoms with Crippen LogP contribution >= 0.6 is 27.7 Å². The molecule has 1 N–H and O–H groups in total. The molecule has 0 bridgehead atoms. The Hall–Kier alpha value is -2.29. The van der Waals surface area contributed by atoms with Crippen LogP contribution < -0.4 is 4.74 Å². The van der Waals surface area contributed by atoms with Crippen molar-refractivity contribution in [2.24, 2.45) is 4.99 Å². The van der Waals surface area contributed by atoms with Crippen LogP contribution in [-0.4, -0.2) is 48.5 Å². The van der Waals surface area contributed by atoms with Crippen LogP contribution in [0.1, 0.15) is 5.56 Å². The number of hydrogen-bond acceptors (Lipinski definition) is 6. The number of phenols is 1. The quantitative estimate of drug-likeness (QED) is 0.643. The number of phenolic OH excluding ortho intramolecular Hbond substituents is 1. The van der Waals surface area contributed by atoms with Crippen LogP contribution in [0.2, 0.25) is 0 Å². The van der Waals surface area contributed by atoms with E-state index in [4.69, 9.17) is 9.47 Å². The summed E-state index contributed by atoms with van der Waals surface area (Å²) in [5.41, 5.74) is 1.50. The molecule has 1 aliphatic rings. The number of rotatable bonds is 6. The predicted molar refractivity (Wildman–Crippen MR) is 115 cm³/mol. The average molecular weight is 463 g/mol. The first kappa shape index (κ1) is 20.4. The molecule has 1 fully saturated rings. The molecule has 1 aliphatic heterocycles. The molecule has 0 aromatic heterocycles. The molecule has 0 radical (unpaired) electrons. The van der Waals surface area contributed by atoms with Crippen LogP contribution in [0.25, 0.3) is 6.08 Å². The standard InChI is InChI=1S/C20H19BrN2O4S/c1-26-9-8-23-19(25)17(28-20(23)22-14-6-4-3-5-7-14)12-13-10-15(21)18(24)16(11-13)27-2/h3-7,10-12,24H,8-9H2,1-2H3/b17-12+,22-20?. The minimum absolute atomic E-state index is 0.0168. The summed E-state index contributed by atoms with van der Waals surface area (Å²) < 4.78 is 10.8. The maximum atomic E-state index is 12.9. The molecule has 146 valence electrons. The summed E-state index contributed by atoms with van der Waals surface area (Å²) in [4.78, 5) is 19.7. The van der Waals surface area contributed by atoms with Gasteiger partial charge in [0.2, 0.25) is 0 Å². The first-order chi connectivity index (χ1) is 13.5. The maximum absolute atomic E-state index is 12.9. The van der Waals surface area contributed by atoms with E-state index >= 15 is 0 Å². The van der Waals surface area contributed by atoms with E-state index in [1.807, 2.05) is 30.3 Å². The van der Waals surface area contributed by atoms with Gasteiger partial charge in [0.15, 0.2) is 16.7 Å². The number of thioether (sulfide) groups is 1. The SMILES string of the molecule is COCCN1C(=O)/C(=C\c2cc(Br)c(O)c(OC)c2)SC1=Nc1ccccc1. The highest BCUT2D eigenvalue weighted by atomic mass is 79.9. The van der Waals surface area contributed by atoms with E-state index in [1.54, 1.807) is 30.2 Å². The highest BCUT2D eigenvalue weighted by molar-refractivity contribution is 9.10. The van der Waals surface area contributed by atoms with Crippen LogP contribution in [0.15, 0.2) is 56.8 Å². The van der Waals surface area contributed by atoms with Crippen LogP contribution in [0.4, 0.5) is 5.69 Å². The van der Waals surface area contributed by atoms with Crippen molar-refractivity contribution < 1.29 is 19.4 Å². The topological polar surface area (TPSA) is 71.4 Å². The summed E-state index contributed by atoms with van der Waals surface area (Å²) in [5, 5.41) is 10.6. The van der Waals surface area contributed by atoms with Crippen molar-refractivity contribution in [2.45, 2.75) is 0 Å². The second-order valence-electron chi connectivity index (χ2n) is 5.84. The molecule has 6 nitrogen and oxygen atoms in total. The van der Waals surface area contributed by atoms with E-state index in [1.165, 1.54) is 18.9 Å². The van der Waals surface area contributed by atoms with E-state index in [0.29, 0.717) is 33.4 Å². The summed E-state index contributed by atoms with van der Waals surface area (Å²) in [5.74, 6) is 0.203. The lowest BCUT2D eigenvalue weighted by Crippen LogP contribution is -2.32. The van der Waals surface area contributed by atoms with Crippen LogP contribution in [0, 0.1) is 0 Å². The van der Waals surface area contributed by atoms with Gasteiger partial charge in [-0.05, 0) is 63.6 Å². The van der Waals surface area contributed by atoms with Gasteiger partial charge in [-0.25, -0.2) is 4.99 Å². The number of aromatic hydroxyl groups is 1. The van der Waals surface area contributed by atoms with Gasteiger partial charge in [0, 0.05) is 7.11 Å². The van der Waals surface area contributed by atoms with Gasteiger partial charge < -0.3 is 14.6 Å². The predicted octanol–water partition coefficient (Wildman–Crippen LogP) is 4.41. The summed E-state index contributed by atoms with van der Waals surface area (Å²) in [7, 11) is 3.07. The first-order valence-electron chi connectivity index (χ1n) is 8.44. The molecule has 0 spiro atoms. The highest BCUT2D eigenvalue weighted by Gasteiger charge is 2.33. The van der Waals surface area contributed by atoms with E-state index < -0.39 is 0 Å². The molecule has 28 heavy (non-hydrogen) atoms. The van der Waals surface area contributed by atoms with Crippen molar-refractivity contribution in [3.63, 3.8) is 0 Å². The number of halogens is 1. The number of aliphatic imine (C=N–C) groups is 1. The van der Waals surface area contributed by atoms with E-state index in [0.717, 1.165) is 11.3 Å². The third-order valence-corrected chi connectivity index (χ3v) is 5.57. The van der Waals surface area contributed by atoms with Crippen LogP contribution in [-0.2, 0) is 9.53 Å². The molecule has 1 saturated heterocycles.